The molecule has 2 unspecified atom stereocenters. The highest BCUT2D eigenvalue weighted by Crippen LogP contribution is 2.51. The zero-order valence-corrected chi connectivity index (χ0v) is 7.79. The van der Waals surface area contributed by atoms with E-state index in [1.165, 1.54) is 11.3 Å². The Hall–Kier alpha value is -0.0100. The molecule has 0 amide bonds. The molecule has 2 heteroatoms. The lowest BCUT2D eigenvalue weighted by molar-refractivity contribution is 0.823. The van der Waals surface area contributed by atoms with Crippen LogP contribution in [0.25, 0.3) is 0 Å². The van der Waals surface area contributed by atoms with Gasteiger partial charge < -0.3 is 0 Å². The summed E-state index contributed by atoms with van der Waals surface area (Å²) in [6.07, 6.45) is 2.39. The molecular formula is C9H10ClS. The maximum atomic E-state index is 5.83. The van der Waals surface area contributed by atoms with Crippen molar-refractivity contribution in [3.05, 3.63) is 28.3 Å². The first-order valence-corrected chi connectivity index (χ1v) is 5.05. The lowest BCUT2D eigenvalue weighted by atomic mass is 10.2. The van der Waals surface area contributed by atoms with E-state index < -0.39 is 0 Å². The van der Waals surface area contributed by atoms with Crippen molar-refractivity contribution in [3.8, 4) is 0 Å². The van der Waals surface area contributed by atoms with Crippen molar-refractivity contribution in [3.63, 3.8) is 0 Å². The second-order valence-electron chi connectivity index (χ2n) is 3.03. The van der Waals surface area contributed by atoms with Crippen LogP contribution in [0.4, 0.5) is 0 Å². The molecule has 1 aromatic heterocycles. The van der Waals surface area contributed by atoms with Gasteiger partial charge >= 0.3 is 0 Å². The first kappa shape index (κ1) is 7.63. The standard InChI is InChI=1S/C9H10ClS/c1-2-6-5-7(6)8-3-4-9(10)11-8/h3-4,6-7H,1-2,5H2. The van der Waals surface area contributed by atoms with Crippen LogP contribution in [0.2, 0.25) is 4.34 Å². The number of halogens is 1. The Morgan fingerprint density at radius 2 is 2.45 bits per heavy atom. The second kappa shape index (κ2) is 2.80. The Labute approximate surface area is 76.2 Å². The Morgan fingerprint density at radius 1 is 1.64 bits per heavy atom. The summed E-state index contributed by atoms with van der Waals surface area (Å²) in [5, 5.41) is 0. The highest BCUT2D eigenvalue weighted by atomic mass is 35.5. The molecule has 0 saturated heterocycles. The minimum absolute atomic E-state index is 0.782. The lowest BCUT2D eigenvalue weighted by Gasteiger charge is -1.90. The van der Waals surface area contributed by atoms with E-state index in [9.17, 15) is 0 Å². The number of hydrogen-bond acceptors (Lipinski definition) is 1. The molecular weight excluding hydrogens is 176 g/mol. The fraction of sp³-hybridized carbons (Fsp3) is 0.444. The van der Waals surface area contributed by atoms with E-state index in [2.05, 4.69) is 13.0 Å². The molecule has 0 aliphatic heterocycles. The van der Waals surface area contributed by atoms with Crippen LogP contribution in [-0.2, 0) is 0 Å². The highest BCUT2D eigenvalue weighted by molar-refractivity contribution is 7.16. The Morgan fingerprint density at radius 3 is 2.91 bits per heavy atom. The second-order valence-corrected chi connectivity index (χ2v) is 4.78. The van der Waals surface area contributed by atoms with Crippen LogP contribution in [0, 0.1) is 12.8 Å². The van der Waals surface area contributed by atoms with Gasteiger partial charge in [0.15, 0.2) is 0 Å². The van der Waals surface area contributed by atoms with Gasteiger partial charge in [0, 0.05) is 4.88 Å². The molecule has 11 heavy (non-hydrogen) atoms. The maximum Gasteiger partial charge on any atom is 0.0931 e. The molecule has 1 aromatic rings. The minimum atomic E-state index is 0.782. The minimum Gasteiger partial charge on any atom is -0.128 e. The summed E-state index contributed by atoms with van der Waals surface area (Å²) in [6.45, 7) is 3.90. The molecule has 2 atom stereocenters. The third-order valence-electron chi connectivity index (χ3n) is 2.25. The highest BCUT2D eigenvalue weighted by Gasteiger charge is 2.37. The maximum absolute atomic E-state index is 5.83. The number of thiophene rings is 1. The molecule has 0 aromatic carbocycles. The molecule has 1 fully saturated rings. The van der Waals surface area contributed by atoms with Gasteiger partial charge in [-0.05, 0) is 36.8 Å². The molecule has 1 heterocycles. The van der Waals surface area contributed by atoms with E-state index in [0.717, 1.165) is 22.6 Å². The first-order chi connectivity index (χ1) is 5.31. The summed E-state index contributed by atoms with van der Waals surface area (Å²) in [5.41, 5.74) is 0. The third kappa shape index (κ3) is 1.45. The zero-order chi connectivity index (χ0) is 7.84. The zero-order valence-electron chi connectivity index (χ0n) is 6.22. The lowest BCUT2D eigenvalue weighted by Crippen LogP contribution is -1.74. The number of hydrogen-bond donors (Lipinski definition) is 0. The van der Waals surface area contributed by atoms with Crippen molar-refractivity contribution < 1.29 is 0 Å². The van der Waals surface area contributed by atoms with Gasteiger partial charge in [-0.1, -0.05) is 18.5 Å². The van der Waals surface area contributed by atoms with E-state index in [0.29, 0.717) is 0 Å². The van der Waals surface area contributed by atoms with Gasteiger partial charge in [0.1, 0.15) is 0 Å². The van der Waals surface area contributed by atoms with Crippen molar-refractivity contribution in [2.45, 2.75) is 18.8 Å². The van der Waals surface area contributed by atoms with Gasteiger partial charge in [0.25, 0.3) is 0 Å². The fourth-order valence-electron chi connectivity index (χ4n) is 1.44. The number of rotatable bonds is 2. The van der Waals surface area contributed by atoms with Crippen LogP contribution in [0.1, 0.15) is 23.6 Å². The van der Waals surface area contributed by atoms with Crippen LogP contribution in [0.3, 0.4) is 0 Å². The van der Waals surface area contributed by atoms with E-state index in [1.54, 1.807) is 11.3 Å². The van der Waals surface area contributed by atoms with Gasteiger partial charge in [-0.25, -0.2) is 0 Å². The monoisotopic (exact) mass is 185 g/mol. The molecule has 1 aliphatic carbocycles. The van der Waals surface area contributed by atoms with E-state index in [-0.39, 0.29) is 0 Å². The van der Waals surface area contributed by atoms with Crippen LogP contribution < -0.4 is 0 Å². The molecule has 2 rings (SSSR count). The SMILES string of the molecule is [CH2]CC1CC1c1ccc(Cl)s1. The molecule has 1 aliphatic rings. The van der Waals surface area contributed by atoms with Crippen molar-refractivity contribution in [2.75, 3.05) is 0 Å². The Balaban J connectivity index is 2.08. The van der Waals surface area contributed by atoms with Gasteiger partial charge in [-0.15, -0.1) is 11.3 Å². The third-order valence-corrected chi connectivity index (χ3v) is 3.62. The molecule has 0 spiro atoms. The van der Waals surface area contributed by atoms with E-state index in [4.69, 9.17) is 11.6 Å². The summed E-state index contributed by atoms with van der Waals surface area (Å²) in [6, 6.07) is 4.13. The van der Waals surface area contributed by atoms with Crippen LogP contribution in [-0.4, -0.2) is 0 Å². The van der Waals surface area contributed by atoms with Crippen molar-refractivity contribution in [1.29, 1.82) is 0 Å². The smallest absolute Gasteiger partial charge is 0.0931 e. The molecule has 0 nitrogen and oxygen atoms in total. The van der Waals surface area contributed by atoms with Crippen LogP contribution in [0.5, 0.6) is 0 Å². The van der Waals surface area contributed by atoms with Crippen molar-refractivity contribution >= 4 is 22.9 Å². The van der Waals surface area contributed by atoms with Gasteiger partial charge in [-0.2, -0.15) is 0 Å². The predicted octanol–water partition coefficient (Wildman–Crippen LogP) is 3.73. The average molecular weight is 186 g/mol. The quantitative estimate of drug-likeness (QED) is 0.659. The topological polar surface area (TPSA) is 0 Å². The summed E-state index contributed by atoms with van der Waals surface area (Å²) in [7, 11) is 0. The van der Waals surface area contributed by atoms with Crippen molar-refractivity contribution in [1.82, 2.24) is 0 Å². The van der Waals surface area contributed by atoms with E-state index in [1.807, 2.05) is 6.07 Å². The van der Waals surface area contributed by atoms with Crippen LogP contribution in [0.15, 0.2) is 12.1 Å². The van der Waals surface area contributed by atoms with E-state index >= 15 is 0 Å². The molecule has 1 radical (unpaired) electrons. The van der Waals surface area contributed by atoms with Crippen LogP contribution >= 0.6 is 22.9 Å². The molecule has 0 bridgehead atoms. The van der Waals surface area contributed by atoms with Gasteiger partial charge in [0.2, 0.25) is 0 Å². The molecule has 0 N–H and O–H groups in total. The molecule has 1 saturated carbocycles. The fourth-order valence-corrected chi connectivity index (χ4v) is 2.71. The summed E-state index contributed by atoms with van der Waals surface area (Å²) >= 11 is 7.54. The largest absolute Gasteiger partial charge is 0.128 e. The Kier molecular flexibility index (Phi) is 1.94. The summed E-state index contributed by atoms with van der Waals surface area (Å²) in [5.74, 6) is 1.62. The first-order valence-electron chi connectivity index (χ1n) is 3.85. The normalized spacial score (nSPS) is 28.9. The summed E-state index contributed by atoms with van der Waals surface area (Å²) in [4.78, 5) is 1.45. The van der Waals surface area contributed by atoms with Gasteiger partial charge in [0.05, 0.1) is 4.34 Å². The van der Waals surface area contributed by atoms with Gasteiger partial charge in [-0.3, -0.25) is 0 Å². The molecule has 59 valence electrons. The Bertz CT molecular complexity index is 254. The summed E-state index contributed by atoms with van der Waals surface area (Å²) < 4.78 is 0.912. The predicted molar refractivity (Wildman–Crippen MR) is 50.2 cm³/mol. The van der Waals surface area contributed by atoms with Crippen molar-refractivity contribution in [2.24, 2.45) is 5.92 Å². The average Bonchev–Trinajstić information content (AvgIpc) is 2.68.